The summed E-state index contributed by atoms with van der Waals surface area (Å²) in [6, 6.07) is 5.09. The number of esters is 1. The van der Waals surface area contributed by atoms with E-state index in [-0.39, 0.29) is 32.0 Å². The van der Waals surface area contributed by atoms with Crippen molar-refractivity contribution < 1.29 is 13.9 Å². The van der Waals surface area contributed by atoms with Gasteiger partial charge in [0.15, 0.2) is 0 Å². The SMILES string of the molecule is COC(=O)c1ccc(F)c(-c2cc(Cl)c(Cl)cc2Cl)n1. The van der Waals surface area contributed by atoms with Gasteiger partial charge in [-0.25, -0.2) is 14.2 Å². The Bertz CT molecular complexity index is 692. The molecule has 1 heterocycles. The molecule has 0 atom stereocenters. The van der Waals surface area contributed by atoms with Crippen LogP contribution in [0, 0.1) is 5.82 Å². The van der Waals surface area contributed by atoms with E-state index in [2.05, 4.69) is 9.72 Å². The predicted molar refractivity (Wildman–Crippen MR) is 76.0 cm³/mol. The maximum Gasteiger partial charge on any atom is 0.356 e. The number of rotatable bonds is 2. The summed E-state index contributed by atoms with van der Waals surface area (Å²) < 4.78 is 18.4. The van der Waals surface area contributed by atoms with Crippen molar-refractivity contribution in [3.8, 4) is 11.3 Å². The Morgan fingerprint density at radius 2 is 1.80 bits per heavy atom. The van der Waals surface area contributed by atoms with Crippen molar-refractivity contribution in [1.82, 2.24) is 4.98 Å². The first-order valence-electron chi connectivity index (χ1n) is 5.34. The highest BCUT2D eigenvalue weighted by Crippen LogP contribution is 2.35. The largest absolute Gasteiger partial charge is 0.464 e. The van der Waals surface area contributed by atoms with Gasteiger partial charge in [-0.2, -0.15) is 0 Å². The van der Waals surface area contributed by atoms with Crippen molar-refractivity contribution in [3.63, 3.8) is 0 Å². The van der Waals surface area contributed by atoms with Crippen molar-refractivity contribution in [2.45, 2.75) is 0 Å². The third-order valence-electron chi connectivity index (χ3n) is 2.51. The quantitative estimate of drug-likeness (QED) is 0.593. The summed E-state index contributed by atoms with van der Waals surface area (Å²) in [4.78, 5) is 15.3. The van der Waals surface area contributed by atoms with Crippen molar-refractivity contribution in [2.24, 2.45) is 0 Å². The van der Waals surface area contributed by atoms with Gasteiger partial charge in [-0.1, -0.05) is 34.8 Å². The molecule has 0 aliphatic carbocycles. The fourth-order valence-electron chi connectivity index (χ4n) is 1.55. The second-order valence-corrected chi connectivity index (χ2v) is 4.99. The highest BCUT2D eigenvalue weighted by molar-refractivity contribution is 6.44. The minimum Gasteiger partial charge on any atom is -0.464 e. The second kappa shape index (κ2) is 5.95. The third-order valence-corrected chi connectivity index (χ3v) is 3.54. The summed E-state index contributed by atoms with van der Waals surface area (Å²) in [7, 11) is 1.21. The number of methoxy groups -OCH3 is 1. The summed E-state index contributed by atoms with van der Waals surface area (Å²) in [6.07, 6.45) is 0. The number of pyridine rings is 1. The summed E-state index contributed by atoms with van der Waals surface area (Å²) in [5, 5.41) is 0.619. The smallest absolute Gasteiger partial charge is 0.356 e. The minimum absolute atomic E-state index is 0.0361. The van der Waals surface area contributed by atoms with Crippen LogP contribution in [-0.4, -0.2) is 18.1 Å². The number of nitrogens with zero attached hydrogens (tertiary/aromatic N) is 1. The molecule has 0 fully saturated rings. The first-order chi connectivity index (χ1) is 9.43. The van der Waals surface area contributed by atoms with E-state index in [4.69, 9.17) is 34.8 Å². The monoisotopic (exact) mass is 333 g/mol. The Labute approximate surface area is 129 Å². The average Bonchev–Trinajstić information content (AvgIpc) is 2.43. The van der Waals surface area contributed by atoms with E-state index in [1.807, 2.05) is 0 Å². The topological polar surface area (TPSA) is 39.2 Å². The van der Waals surface area contributed by atoms with E-state index in [1.54, 1.807) is 0 Å². The molecule has 0 unspecified atom stereocenters. The molecule has 0 N–H and O–H groups in total. The molecule has 0 radical (unpaired) electrons. The van der Waals surface area contributed by atoms with Gasteiger partial charge < -0.3 is 4.74 Å². The van der Waals surface area contributed by atoms with Crippen LogP contribution in [0.1, 0.15) is 10.5 Å². The molecule has 0 bridgehead atoms. The number of aromatic nitrogens is 1. The van der Waals surface area contributed by atoms with Gasteiger partial charge in [0.2, 0.25) is 0 Å². The van der Waals surface area contributed by atoms with Gasteiger partial charge >= 0.3 is 5.97 Å². The molecule has 0 spiro atoms. The number of ether oxygens (including phenoxy) is 1. The maximum absolute atomic E-state index is 13.9. The fourth-order valence-corrected chi connectivity index (χ4v) is 2.19. The number of halogens is 4. The van der Waals surface area contributed by atoms with Crippen LogP contribution in [-0.2, 0) is 4.74 Å². The molecular weight excluding hydrogens is 328 g/mol. The van der Waals surface area contributed by atoms with Gasteiger partial charge in [0, 0.05) is 5.56 Å². The fraction of sp³-hybridized carbons (Fsp3) is 0.0769. The molecule has 7 heteroatoms. The van der Waals surface area contributed by atoms with E-state index < -0.39 is 11.8 Å². The van der Waals surface area contributed by atoms with Crippen molar-refractivity contribution >= 4 is 40.8 Å². The van der Waals surface area contributed by atoms with E-state index in [1.165, 1.54) is 25.3 Å². The summed E-state index contributed by atoms with van der Waals surface area (Å²) in [5.74, 6) is -1.32. The van der Waals surface area contributed by atoms with E-state index >= 15 is 0 Å². The highest BCUT2D eigenvalue weighted by Gasteiger charge is 2.17. The lowest BCUT2D eigenvalue weighted by atomic mass is 10.1. The molecule has 1 aromatic carbocycles. The van der Waals surface area contributed by atoms with Crippen LogP contribution >= 0.6 is 34.8 Å². The Morgan fingerprint density at radius 3 is 2.45 bits per heavy atom. The van der Waals surface area contributed by atoms with Crippen LogP contribution in [0.3, 0.4) is 0 Å². The number of hydrogen-bond donors (Lipinski definition) is 0. The number of carbonyl (C=O) groups excluding carboxylic acids is 1. The van der Waals surface area contributed by atoms with Crippen LogP contribution in [0.5, 0.6) is 0 Å². The van der Waals surface area contributed by atoms with Gasteiger partial charge in [0.25, 0.3) is 0 Å². The standard InChI is InChI=1S/C13H7Cl3FNO2/c1-20-13(19)11-3-2-10(17)12(18-11)6-4-8(15)9(16)5-7(6)14/h2-5H,1H3. The van der Waals surface area contributed by atoms with Crippen LogP contribution < -0.4 is 0 Å². The zero-order valence-corrected chi connectivity index (χ0v) is 12.4. The van der Waals surface area contributed by atoms with Crippen molar-refractivity contribution in [3.05, 3.63) is 50.8 Å². The van der Waals surface area contributed by atoms with E-state index in [0.29, 0.717) is 0 Å². The Balaban J connectivity index is 2.63. The van der Waals surface area contributed by atoms with Gasteiger partial charge in [-0.15, -0.1) is 0 Å². The molecule has 20 heavy (non-hydrogen) atoms. The molecular formula is C13H7Cl3FNO2. The highest BCUT2D eigenvalue weighted by atomic mass is 35.5. The lowest BCUT2D eigenvalue weighted by Gasteiger charge is -2.08. The lowest BCUT2D eigenvalue weighted by Crippen LogP contribution is -2.06. The number of carbonyl (C=O) groups is 1. The van der Waals surface area contributed by atoms with Gasteiger partial charge in [0.1, 0.15) is 17.2 Å². The van der Waals surface area contributed by atoms with Gasteiger partial charge in [-0.05, 0) is 24.3 Å². The Kier molecular flexibility index (Phi) is 4.48. The first kappa shape index (κ1) is 15.0. The molecule has 104 valence electrons. The molecule has 0 amide bonds. The zero-order chi connectivity index (χ0) is 14.9. The maximum atomic E-state index is 13.9. The Hall–Kier alpha value is -1.36. The molecule has 0 saturated heterocycles. The van der Waals surface area contributed by atoms with Crippen molar-refractivity contribution in [1.29, 1.82) is 0 Å². The molecule has 0 saturated carbocycles. The van der Waals surface area contributed by atoms with Crippen LogP contribution in [0.15, 0.2) is 24.3 Å². The third kappa shape index (κ3) is 2.87. The van der Waals surface area contributed by atoms with E-state index in [9.17, 15) is 9.18 Å². The van der Waals surface area contributed by atoms with Gasteiger partial charge in [-0.3, -0.25) is 0 Å². The second-order valence-electron chi connectivity index (χ2n) is 3.76. The minimum atomic E-state index is -0.678. The predicted octanol–water partition coefficient (Wildman–Crippen LogP) is 4.63. The van der Waals surface area contributed by atoms with Gasteiger partial charge in [0.05, 0.1) is 22.2 Å². The van der Waals surface area contributed by atoms with Crippen molar-refractivity contribution in [2.75, 3.05) is 7.11 Å². The van der Waals surface area contributed by atoms with Crippen LogP contribution in [0.25, 0.3) is 11.3 Å². The molecule has 0 aliphatic heterocycles. The number of hydrogen-bond acceptors (Lipinski definition) is 3. The molecule has 3 nitrogen and oxygen atoms in total. The van der Waals surface area contributed by atoms with Crippen LogP contribution in [0.4, 0.5) is 4.39 Å². The average molecular weight is 335 g/mol. The molecule has 0 aliphatic rings. The van der Waals surface area contributed by atoms with E-state index in [0.717, 1.165) is 6.07 Å². The molecule has 2 rings (SSSR count). The lowest BCUT2D eigenvalue weighted by molar-refractivity contribution is 0.0594. The normalized spacial score (nSPS) is 10.4. The zero-order valence-electron chi connectivity index (χ0n) is 10.1. The molecule has 2 aromatic rings. The summed E-state index contributed by atoms with van der Waals surface area (Å²) in [6.45, 7) is 0. The summed E-state index contributed by atoms with van der Waals surface area (Å²) in [5.41, 5.74) is 0.104. The number of benzene rings is 1. The first-order valence-corrected chi connectivity index (χ1v) is 6.47. The summed E-state index contributed by atoms with van der Waals surface area (Å²) >= 11 is 17.7. The van der Waals surface area contributed by atoms with Crippen LogP contribution in [0.2, 0.25) is 15.1 Å². The molecule has 1 aromatic heterocycles. The Morgan fingerprint density at radius 1 is 1.15 bits per heavy atom.